The van der Waals surface area contributed by atoms with E-state index in [1.807, 2.05) is 0 Å². The lowest BCUT2D eigenvalue weighted by molar-refractivity contribution is -0.156. The predicted molar refractivity (Wildman–Crippen MR) is 90.2 cm³/mol. The first-order valence-corrected chi connectivity index (χ1v) is 7.81. The van der Waals surface area contributed by atoms with Crippen LogP contribution in [0.15, 0.2) is 24.3 Å². The van der Waals surface area contributed by atoms with E-state index < -0.39 is 24.6 Å². The van der Waals surface area contributed by atoms with Gasteiger partial charge in [0, 0.05) is 24.4 Å². The van der Waals surface area contributed by atoms with Crippen LogP contribution in [0.3, 0.4) is 0 Å². The molecular weight excluding hydrogens is 316 g/mol. The number of ether oxygens (including phenoxy) is 2. The van der Waals surface area contributed by atoms with Crippen molar-refractivity contribution in [2.24, 2.45) is 0 Å². The van der Waals surface area contributed by atoms with Gasteiger partial charge < -0.3 is 24.8 Å². The Morgan fingerprint density at radius 1 is 0.875 bits per heavy atom. The zero-order valence-corrected chi connectivity index (χ0v) is 14.6. The Morgan fingerprint density at radius 3 is 1.67 bits per heavy atom. The lowest BCUT2D eigenvalue weighted by atomic mass is 10.2. The van der Waals surface area contributed by atoms with Gasteiger partial charge in [0.25, 0.3) is 0 Å². The molecule has 0 aliphatic rings. The Kier molecular flexibility index (Phi) is 16.5. The van der Waals surface area contributed by atoms with Crippen LogP contribution in [-0.2, 0) is 19.1 Å². The second-order valence-electron chi connectivity index (χ2n) is 5.23. The van der Waals surface area contributed by atoms with Crippen LogP contribution in [0.5, 0.6) is 0 Å². The molecule has 24 heavy (non-hydrogen) atoms. The molecule has 0 rings (SSSR count). The maximum absolute atomic E-state index is 11.1. The standard InChI is InChI=1S/C11H16O5.C6H14O2/c1-7(2)10(13)15-6-9(5-12)16-11(14)8(3)4;7-5-3-1-2-4-6-8/h9,12H,1,3,5-6H2,2,4H3;7-8H,1-6H2. The van der Waals surface area contributed by atoms with Crippen molar-refractivity contribution in [2.45, 2.75) is 45.6 Å². The van der Waals surface area contributed by atoms with E-state index in [0.717, 1.165) is 25.7 Å². The number of rotatable bonds is 11. The molecule has 0 bridgehead atoms. The van der Waals surface area contributed by atoms with Gasteiger partial charge in [-0.25, -0.2) is 9.59 Å². The molecule has 0 amide bonds. The van der Waals surface area contributed by atoms with Crippen LogP contribution in [0.2, 0.25) is 0 Å². The number of unbranched alkanes of at least 4 members (excludes halogenated alkanes) is 3. The Balaban J connectivity index is 0. The van der Waals surface area contributed by atoms with Crippen LogP contribution >= 0.6 is 0 Å². The molecule has 0 aromatic rings. The molecule has 0 aliphatic heterocycles. The van der Waals surface area contributed by atoms with Gasteiger partial charge in [-0.3, -0.25) is 0 Å². The summed E-state index contributed by atoms with van der Waals surface area (Å²) in [6, 6.07) is 0. The van der Waals surface area contributed by atoms with E-state index in [1.54, 1.807) is 0 Å². The van der Waals surface area contributed by atoms with Gasteiger partial charge >= 0.3 is 11.9 Å². The van der Waals surface area contributed by atoms with Gasteiger partial charge in [-0.15, -0.1) is 0 Å². The molecule has 0 spiro atoms. The third-order valence-corrected chi connectivity index (χ3v) is 2.64. The summed E-state index contributed by atoms with van der Waals surface area (Å²) >= 11 is 0. The third-order valence-electron chi connectivity index (χ3n) is 2.64. The van der Waals surface area contributed by atoms with Crippen LogP contribution in [-0.4, -0.2) is 59.8 Å². The number of aliphatic hydroxyl groups excluding tert-OH is 3. The lowest BCUT2D eigenvalue weighted by Crippen LogP contribution is -2.28. The second kappa shape index (κ2) is 16.2. The Hall–Kier alpha value is -1.70. The maximum Gasteiger partial charge on any atom is 0.333 e. The van der Waals surface area contributed by atoms with Crippen LogP contribution in [0.25, 0.3) is 0 Å². The number of carbonyl (C=O) groups is 2. The topological polar surface area (TPSA) is 113 Å². The minimum atomic E-state index is -0.882. The van der Waals surface area contributed by atoms with Crippen molar-refractivity contribution < 1.29 is 34.4 Å². The van der Waals surface area contributed by atoms with Gasteiger partial charge in [0.05, 0.1) is 6.61 Å². The fourth-order valence-electron chi connectivity index (χ4n) is 1.24. The highest BCUT2D eigenvalue weighted by Crippen LogP contribution is 2.01. The summed E-state index contributed by atoms with van der Waals surface area (Å²) in [6.45, 7) is 9.69. The highest BCUT2D eigenvalue weighted by molar-refractivity contribution is 5.87. The van der Waals surface area contributed by atoms with Gasteiger partial charge in [0.2, 0.25) is 0 Å². The molecule has 7 nitrogen and oxygen atoms in total. The summed E-state index contributed by atoms with van der Waals surface area (Å²) in [5, 5.41) is 25.5. The first-order chi connectivity index (χ1) is 11.3. The highest BCUT2D eigenvalue weighted by Gasteiger charge is 2.16. The molecule has 3 N–H and O–H groups in total. The molecule has 0 aromatic carbocycles. The summed E-state index contributed by atoms with van der Waals surface area (Å²) in [6.07, 6.45) is 2.95. The van der Waals surface area contributed by atoms with E-state index in [4.69, 9.17) is 24.8 Å². The van der Waals surface area contributed by atoms with Gasteiger partial charge in [0.1, 0.15) is 6.61 Å². The van der Waals surface area contributed by atoms with Crippen molar-refractivity contribution in [1.82, 2.24) is 0 Å². The SMILES string of the molecule is C=C(C)C(=O)OCC(CO)OC(=O)C(=C)C.OCCCCCCO. The average molecular weight is 346 g/mol. The van der Waals surface area contributed by atoms with E-state index in [2.05, 4.69) is 13.2 Å². The quantitative estimate of drug-likeness (QED) is 0.292. The fraction of sp³-hybridized carbons (Fsp3) is 0.647. The normalized spacial score (nSPS) is 10.9. The van der Waals surface area contributed by atoms with Crippen molar-refractivity contribution in [3.05, 3.63) is 24.3 Å². The Labute approximate surface area is 143 Å². The lowest BCUT2D eigenvalue weighted by Gasteiger charge is -2.15. The highest BCUT2D eigenvalue weighted by atomic mass is 16.6. The summed E-state index contributed by atoms with van der Waals surface area (Å²) < 4.78 is 9.53. The van der Waals surface area contributed by atoms with Crippen molar-refractivity contribution in [3.63, 3.8) is 0 Å². The van der Waals surface area contributed by atoms with Crippen molar-refractivity contribution in [2.75, 3.05) is 26.4 Å². The van der Waals surface area contributed by atoms with Gasteiger partial charge in [-0.1, -0.05) is 26.0 Å². The third kappa shape index (κ3) is 15.2. The predicted octanol–water partition coefficient (Wildman–Crippen LogP) is 1.12. The summed E-state index contributed by atoms with van der Waals surface area (Å²) in [5.74, 6) is -1.23. The number of aliphatic hydroxyl groups is 3. The molecule has 0 aromatic heterocycles. The molecule has 0 saturated heterocycles. The number of carbonyl (C=O) groups excluding carboxylic acids is 2. The zero-order chi connectivity index (χ0) is 19.0. The Morgan fingerprint density at radius 2 is 1.33 bits per heavy atom. The first kappa shape index (κ1) is 24.6. The monoisotopic (exact) mass is 346 g/mol. The van der Waals surface area contributed by atoms with Crippen molar-refractivity contribution in [1.29, 1.82) is 0 Å². The minimum Gasteiger partial charge on any atom is -0.458 e. The molecular formula is C17H30O7. The van der Waals surface area contributed by atoms with Gasteiger partial charge in [0.15, 0.2) is 6.10 Å². The first-order valence-electron chi connectivity index (χ1n) is 7.81. The number of hydrogen-bond acceptors (Lipinski definition) is 7. The fourth-order valence-corrected chi connectivity index (χ4v) is 1.24. The molecule has 1 unspecified atom stereocenters. The second-order valence-corrected chi connectivity index (χ2v) is 5.23. The van der Waals surface area contributed by atoms with E-state index in [0.29, 0.717) is 0 Å². The minimum absolute atomic E-state index is 0.207. The molecule has 0 aliphatic carbocycles. The summed E-state index contributed by atoms with van der Waals surface area (Å²) in [4.78, 5) is 22.1. The molecule has 0 saturated carbocycles. The van der Waals surface area contributed by atoms with Crippen LogP contribution in [0, 0.1) is 0 Å². The molecule has 0 radical (unpaired) electrons. The Bertz CT molecular complexity index is 384. The van der Waals surface area contributed by atoms with Crippen LogP contribution in [0.4, 0.5) is 0 Å². The van der Waals surface area contributed by atoms with Crippen LogP contribution in [0.1, 0.15) is 39.5 Å². The van der Waals surface area contributed by atoms with Crippen LogP contribution < -0.4 is 0 Å². The van der Waals surface area contributed by atoms with E-state index >= 15 is 0 Å². The van der Waals surface area contributed by atoms with Gasteiger partial charge in [-0.2, -0.15) is 0 Å². The van der Waals surface area contributed by atoms with E-state index in [9.17, 15) is 9.59 Å². The van der Waals surface area contributed by atoms with Crippen molar-refractivity contribution >= 4 is 11.9 Å². The van der Waals surface area contributed by atoms with Gasteiger partial charge in [-0.05, 0) is 26.7 Å². The molecule has 140 valence electrons. The number of hydrogen-bond donors (Lipinski definition) is 3. The average Bonchev–Trinajstić information content (AvgIpc) is 2.55. The number of esters is 2. The largest absolute Gasteiger partial charge is 0.458 e. The molecule has 7 heteroatoms. The smallest absolute Gasteiger partial charge is 0.333 e. The molecule has 1 atom stereocenters. The molecule has 0 heterocycles. The summed E-state index contributed by atoms with van der Waals surface area (Å²) in [7, 11) is 0. The van der Waals surface area contributed by atoms with E-state index in [1.165, 1.54) is 13.8 Å². The van der Waals surface area contributed by atoms with Crippen molar-refractivity contribution in [3.8, 4) is 0 Å². The van der Waals surface area contributed by atoms with E-state index in [-0.39, 0.29) is 31.0 Å². The maximum atomic E-state index is 11.1. The zero-order valence-electron chi connectivity index (χ0n) is 14.6. The summed E-state index contributed by atoms with van der Waals surface area (Å²) in [5.41, 5.74) is 0.451. The molecule has 0 fully saturated rings.